The molecule has 1 aromatic carbocycles. The minimum absolute atomic E-state index is 0.0128. The third-order valence-electron chi connectivity index (χ3n) is 6.68. The zero-order chi connectivity index (χ0) is 24.5. The maximum atomic E-state index is 13.5. The Balaban J connectivity index is 1.59. The van der Waals surface area contributed by atoms with E-state index in [1.807, 2.05) is 0 Å². The summed E-state index contributed by atoms with van der Waals surface area (Å²) >= 11 is 0. The van der Waals surface area contributed by atoms with Gasteiger partial charge in [-0.25, -0.2) is 0 Å². The van der Waals surface area contributed by atoms with Crippen LogP contribution in [0.15, 0.2) is 30.6 Å². The summed E-state index contributed by atoms with van der Waals surface area (Å²) in [5.41, 5.74) is -0.481. The molecule has 1 saturated carbocycles. The SMILES string of the molecule is O=C(Cc1cnc([C@H](O)CO)cn1)[C@H](CC1CCCC1)N1Cc2c(cccc2C(F)(F)F)C1=O. The van der Waals surface area contributed by atoms with Crippen molar-refractivity contribution in [2.75, 3.05) is 6.61 Å². The molecule has 2 atom stereocenters. The number of hydrogen-bond donors (Lipinski definition) is 2. The molecule has 0 unspecified atom stereocenters. The number of aliphatic hydroxyl groups excluding tert-OH is 2. The molecule has 2 heterocycles. The van der Waals surface area contributed by atoms with Crippen molar-refractivity contribution in [2.24, 2.45) is 5.92 Å². The lowest BCUT2D eigenvalue weighted by atomic mass is 9.93. The van der Waals surface area contributed by atoms with Crippen molar-refractivity contribution in [1.82, 2.24) is 14.9 Å². The monoisotopic (exact) mass is 477 g/mol. The van der Waals surface area contributed by atoms with Crippen LogP contribution in [-0.4, -0.2) is 49.4 Å². The largest absolute Gasteiger partial charge is 0.416 e. The van der Waals surface area contributed by atoms with Gasteiger partial charge in [-0.05, 0) is 30.0 Å². The molecule has 0 spiro atoms. The Kier molecular flexibility index (Phi) is 6.99. The summed E-state index contributed by atoms with van der Waals surface area (Å²) in [6.45, 7) is -0.783. The second kappa shape index (κ2) is 9.79. The summed E-state index contributed by atoms with van der Waals surface area (Å²) in [5, 5.41) is 18.7. The van der Waals surface area contributed by atoms with Gasteiger partial charge in [0.15, 0.2) is 5.78 Å². The molecule has 2 N–H and O–H groups in total. The summed E-state index contributed by atoms with van der Waals surface area (Å²) in [4.78, 5) is 35.9. The third-order valence-corrected chi connectivity index (χ3v) is 6.68. The van der Waals surface area contributed by atoms with Crippen LogP contribution in [0.1, 0.15) is 71.1 Å². The van der Waals surface area contributed by atoms with Gasteiger partial charge in [-0.15, -0.1) is 0 Å². The first kappa shape index (κ1) is 24.3. The number of Topliss-reactive ketones (excluding diaryl/α,β-unsaturated/α-hetero) is 1. The lowest BCUT2D eigenvalue weighted by Crippen LogP contribution is -2.43. The molecule has 2 aliphatic rings. The minimum Gasteiger partial charge on any atom is -0.393 e. The highest BCUT2D eigenvalue weighted by Crippen LogP contribution is 2.39. The lowest BCUT2D eigenvalue weighted by Gasteiger charge is -2.29. The van der Waals surface area contributed by atoms with Crippen LogP contribution >= 0.6 is 0 Å². The highest BCUT2D eigenvalue weighted by molar-refractivity contribution is 6.02. The average Bonchev–Trinajstić information content (AvgIpc) is 3.44. The van der Waals surface area contributed by atoms with E-state index >= 15 is 0 Å². The first-order valence-electron chi connectivity index (χ1n) is 11.3. The van der Waals surface area contributed by atoms with Crippen molar-refractivity contribution in [3.05, 3.63) is 58.7 Å². The standard InChI is InChI=1S/C24H26F3N3O4/c25-24(26,27)18-7-3-6-16-17(18)12-30(23(16)34)20(8-14-4-1-2-5-14)21(32)9-15-10-29-19(11-28-15)22(33)13-31/h3,6-7,10-11,14,20,22,31,33H,1-2,4-5,8-9,12-13H2/t20-,22+/m0/s1. The fourth-order valence-electron chi connectivity index (χ4n) is 4.88. The molecule has 4 rings (SSSR count). The molecule has 1 aliphatic carbocycles. The van der Waals surface area contributed by atoms with Gasteiger partial charge in [0.25, 0.3) is 5.91 Å². The minimum atomic E-state index is -4.59. The number of hydrogen-bond acceptors (Lipinski definition) is 6. The first-order valence-corrected chi connectivity index (χ1v) is 11.3. The zero-order valence-electron chi connectivity index (χ0n) is 18.5. The molecule has 182 valence electrons. The highest BCUT2D eigenvalue weighted by atomic mass is 19.4. The smallest absolute Gasteiger partial charge is 0.393 e. The van der Waals surface area contributed by atoms with Gasteiger partial charge in [-0.1, -0.05) is 31.7 Å². The Bertz CT molecular complexity index is 1050. The number of halogens is 3. The van der Waals surface area contributed by atoms with Gasteiger partial charge in [0, 0.05) is 18.3 Å². The van der Waals surface area contributed by atoms with E-state index in [0.717, 1.165) is 31.7 Å². The third kappa shape index (κ3) is 4.97. The van der Waals surface area contributed by atoms with Crippen LogP contribution < -0.4 is 0 Å². The molecule has 2 aromatic rings. The second-order valence-electron chi connectivity index (χ2n) is 8.94. The van der Waals surface area contributed by atoms with Gasteiger partial charge in [-0.3, -0.25) is 19.6 Å². The Morgan fingerprint density at radius 1 is 1.18 bits per heavy atom. The predicted octanol–water partition coefficient (Wildman–Crippen LogP) is 3.24. The number of aliphatic hydroxyl groups is 2. The number of rotatable bonds is 8. The Morgan fingerprint density at radius 3 is 2.53 bits per heavy atom. The molecule has 0 bridgehead atoms. The van der Waals surface area contributed by atoms with E-state index in [9.17, 15) is 27.9 Å². The Labute approximate surface area is 194 Å². The van der Waals surface area contributed by atoms with E-state index in [2.05, 4.69) is 9.97 Å². The summed E-state index contributed by atoms with van der Waals surface area (Å²) in [6, 6.07) is 2.69. The van der Waals surface area contributed by atoms with Crippen molar-refractivity contribution in [1.29, 1.82) is 0 Å². The lowest BCUT2D eigenvalue weighted by molar-refractivity contribution is -0.138. The number of nitrogens with zero attached hydrogens (tertiary/aromatic N) is 3. The van der Waals surface area contributed by atoms with Crippen molar-refractivity contribution < 1.29 is 33.0 Å². The number of amides is 1. The van der Waals surface area contributed by atoms with Gasteiger partial charge in [0.05, 0.1) is 42.2 Å². The van der Waals surface area contributed by atoms with Crippen molar-refractivity contribution in [2.45, 2.75) is 63.4 Å². The van der Waals surface area contributed by atoms with E-state index in [0.29, 0.717) is 12.1 Å². The Hall–Kier alpha value is -2.85. The molecule has 1 aliphatic heterocycles. The number of benzene rings is 1. The molecule has 0 radical (unpaired) electrons. The summed E-state index contributed by atoms with van der Waals surface area (Å²) < 4.78 is 40.6. The molecule has 1 fully saturated rings. The van der Waals surface area contributed by atoms with Gasteiger partial charge in [0.1, 0.15) is 6.10 Å². The molecule has 10 heteroatoms. The number of fused-ring (bicyclic) bond motifs is 1. The van der Waals surface area contributed by atoms with Crippen LogP contribution in [0.4, 0.5) is 13.2 Å². The quantitative estimate of drug-likeness (QED) is 0.605. The van der Waals surface area contributed by atoms with Crippen LogP contribution in [0.5, 0.6) is 0 Å². The van der Waals surface area contributed by atoms with E-state index in [-0.39, 0.29) is 41.5 Å². The second-order valence-corrected chi connectivity index (χ2v) is 8.94. The van der Waals surface area contributed by atoms with E-state index in [1.54, 1.807) is 0 Å². The van der Waals surface area contributed by atoms with Crippen LogP contribution in [0.2, 0.25) is 0 Å². The van der Waals surface area contributed by atoms with Gasteiger partial charge >= 0.3 is 6.18 Å². The summed E-state index contributed by atoms with van der Waals surface area (Å²) in [7, 11) is 0. The number of carbonyl (C=O) groups excluding carboxylic acids is 2. The van der Waals surface area contributed by atoms with Crippen molar-refractivity contribution >= 4 is 11.7 Å². The number of carbonyl (C=O) groups is 2. The Morgan fingerprint density at radius 2 is 1.91 bits per heavy atom. The van der Waals surface area contributed by atoms with Crippen molar-refractivity contribution in [3.8, 4) is 0 Å². The topological polar surface area (TPSA) is 104 Å². The van der Waals surface area contributed by atoms with E-state index < -0.39 is 36.4 Å². The molecule has 0 saturated heterocycles. The summed E-state index contributed by atoms with van der Waals surface area (Å²) in [5.74, 6) is -0.656. The highest BCUT2D eigenvalue weighted by Gasteiger charge is 2.43. The average molecular weight is 477 g/mol. The van der Waals surface area contributed by atoms with Crippen LogP contribution in [0.3, 0.4) is 0 Å². The van der Waals surface area contributed by atoms with Gasteiger partial charge in [0.2, 0.25) is 0 Å². The number of ketones is 1. The van der Waals surface area contributed by atoms with Crippen LogP contribution in [0, 0.1) is 5.92 Å². The van der Waals surface area contributed by atoms with Gasteiger partial charge < -0.3 is 15.1 Å². The van der Waals surface area contributed by atoms with E-state index in [1.165, 1.54) is 29.4 Å². The molecule has 1 aromatic heterocycles. The predicted molar refractivity (Wildman–Crippen MR) is 114 cm³/mol. The van der Waals surface area contributed by atoms with Crippen LogP contribution in [0.25, 0.3) is 0 Å². The van der Waals surface area contributed by atoms with Gasteiger partial charge in [-0.2, -0.15) is 13.2 Å². The number of aromatic nitrogens is 2. The van der Waals surface area contributed by atoms with Crippen molar-refractivity contribution in [3.63, 3.8) is 0 Å². The molecular weight excluding hydrogens is 451 g/mol. The maximum absolute atomic E-state index is 13.5. The fraction of sp³-hybridized carbons (Fsp3) is 0.500. The zero-order valence-corrected chi connectivity index (χ0v) is 18.5. The molecule has 34 heavy (non-hydrogen) atoms. The molecule has 1 amide bonds. The number of alkyl halides is 3. The van der Waals surface area contributed by atoms with Crippen LogP contribution in [-0.2, 0) is 23.9 Å². The first-order chi connectivity index (χ1) is 16.2. The molecule has 7 nitrogen and oxygen atoms in total. The summed E-state index contributed by atoms with van der Waals surface area (Å²) in [6.07, 6.45) is 0.944. The van der Waals surface area contributed by atoms with E-state index in [4.69, 9.17) is 5.11 Å². The molecular formula is C24H26F3N3O4. The maximum Gasteiger partial charge on any atom is 0.416 e. The normalized spacial score (nSPS) is 18.3. The fourth-order valence-corrected chi connectivity index (χ4v) is 4.88.